The fraction of sp³-hybridized carbons (Fsp3) is 0. The van der Waals surface area contributed by atoms with Gasteiger partial charge in [0.25, 0.3) is 0 Å². The standard InChI is InChI=1S/C5HCl2N3.C2H4/c6-4-2-9-5(7)3(1-8)10-4;1-2/h2H;1-2H2. The second kappa shape index (κ2) is 5.53. The largest absolute Gasteiger partial charge is 0.238 e. The molecule has 0 fully saturated rings. The monoisotopic (exact) mass is 201 g/mol. The summed E-state index contributed by atoms with van der Waals surface area (Å²) < 4.78 is 0. The molecule has 0 radical (unpaired) electrons. The van der Waals surface area contributed by atoms with Crippen LogP contribution in [0.2, 0.25) is 10.3 Å². The zero-order valence-corrected chi connectivity index (χ0v) is 7.60. The normalized spacial score (nSPS) is 7.75. The molecule has 0 atom stereocenters. The van der Waals surface area contributed by atoms with E-state index in [4.69, 9.17) is 28.5 Å². The highest BCUT2D eigenvalue weighted by Crippen LogP contribution is 2.11. The third-order valence-corrected chi connectivity index (χ3v) is 1.26. The zero-order chi connectivity index (χ0) is 9.56. The van der Waals surface area contributed by atoms with Crippen LogP contribution in [0.3, 0.4) is 0 Å². The lowest BCUT2D eigenvalue weighted by Gasteiger charge is -1.90. The molecular formula is C7H5Cl2N3. The van der Waals surface area contributed by atoms with Gasteiger partial charge < -0.3 is 0 Å². The van der Waals surface area contributed by atoms with E-state index in [2.05, 4.69) is 23.1 Å². The second-order valence-corrected chi connectivity index (χ2v) is 2.19. The van der Waals surface area contributed by atoms with Crippen molar-refractivity contribution in [2.75, 3.05) is 0 Å². The predicted molar refractivity (Wildman–Crippen MR) is 48.0 cm³/mol. The minimum absolute atomic E-state index is 0.0502. The number of nitriles is 1. The predicted octanol–water partition coefficient (Wildman–Crippen LogP) is 2.46. The number of hydrogen-bond donors (Lipinski definition) is 0. The van der Waals surface area contributed by atoms with Gasteiger partial charge >= 0.3 is 0 Å². The second-order valence-electron chi connectivity index (χ2n) is 1.44. The maximum atomic E-state index is 8.35. The van der Waals surface area contributed by atoms with Gasteiger partial charge in [-0.05, 0) is 0 Å². The van der Waals surface area contributed by atoms with E-state index in [1.165, 1.54) is 6.20 Å². The lowest BCUT2D eigenvalue weighted by atomic mass is 10.5. The van der Waals surface area contributed by atoms with Gasteiger partial charge in [0.15, 0.2) is 10.8 Å². The van der Waals surface area contributed by atoms with Crippen molar-refractivity contribution >= 4 is 23.2 Å². The number of halogens is 2. The molecule has 5 heteroatoms. The molecule has 0 saturated carbocycles. The van der Waals surface area contributed by atoms with Crippen LogP contribution in [0.25, 0.3) is 0 Å². The van der Waals surface area contributed by atoms with E-state index in [1.807, 2.05) is 0 Å². The van der Waals surface area contributed by atoms with Gasteiger partial charge in [0.2, 0.25) is 0 Å². The first-order chi connectivity index (χ1) is 5.74. The maximum absolute atomic E-state index is 8.35. The summed E-state index contributed by atoms with van der Waals surface area (Å²) >= 11 is 10.9. The van der Waals surface area contributed by atoms with Gasteiger partial charge in [0.1, 0.15) is 11.2 Å². The Labute approximate surface area is 80.3 Å². The highest BCUT2D eigenvalue weighted by Gasteiger charge is 2.01. The SMILES string of the molecule is C=C.N#Cc1nc(Cl)cnc1Cl. The van der Waals surface area contributed by atoms with Gasteiger partial charge in [-0.2, -0.15) is 5.26 Å². The first-order valence-electron chi connectivity index (χ1n) is 2.82. The third kappa shape index (κ3) is 2.87. The summed E-state index contributed by atoms with van der Waals surface area (Å²) in [5.41, 5.74) is 0.0502. The van der Waals surface area contributed by atoms with Crippen molar-refractivity contribution in [3.8, 4) is 6.07 Å². The van der Waals surface area contributed by atoms with Crippen molar-refractivity contribution in [2.24, 2.45) is 0 Å². The average Bonchev–Trinajstić information content (AvgIpc) is 2.13. The summed E-state index contributed by atoms with van der Waals surface area (Å²) in [7, 11) is 0. The molecule has 0 aliphatic carbocycles. The molecular weight excluding hydrogens is 197 g/mol. The van der Waals surface area contributed by atoms with Gasteiger partial charge in [-0.15, -0.1) is 13.2 Å². The summed E-state index contributed by atoms with van der Waals surface area (Å²) in [5.74, 6) is 0. The average molecular weight is 202 g/mol. The molecule has 3 nitrogen and oxygen atoms in total. The van der Waals surface area contributed by atoms with Crippen LogP contribution in [0.1, 0.15) is 5.69 Å². The molecule has 0 amide bonds. The van der Waals surface area contributed by atoms with Crippen LogP contribution in [-0.2, 0) is 0 Å². The number of aromatic nitrogens is 2. The fourth-order valence-corrected chi connectivity index (χ4v) is 0.691. The number of rotatable bonds is 0. The molecule has 0 aliphatic rings. The van der Waals surface area contributed by atoms with Gasteiger partial charge in [-0.1, -0.05) is 23.2 Å². The van der Waals surface area contributed by atoms with E-state index in [0.717, 1.165) is 0 Å². The Kier molecular flexibility index (Phi) is 5.02. The van der Waals surface area contributed by atoms with Crippen LogP contribution in [0.5, 0.6) is 0 Å². The molecule has 1 heterocycles. The summed E-state index contributed by atoms with van der Waals surface area (Å²) in [4.78, 5) is 7.20. The molecule has 12 heavy (non-hydrogen) atoms. The van der Waals surface area contributed by atoms with E-state index in [0.29, 0.717) is 0 Å². The Balaban J connectivity index is 0.000000561. The Morgan fingerprint density at radius 3 is 2.42 bits per heavy atom. The Hall–Kier alpha value is -1.11. The van der Waals surface area contributed by atoms with E-state index >= 15 is 0 Å². The lowest BCUT2D eigenvalue weighted by Crippen LogP contribution is -1.87. The van der Waals surface area contributed by atoms with Crippen molar-refractivity contribution in [1.82, 2.24) is 9.97 Å². The molecule has 0 saturated heterocycles. The number of hydrogen-bond acceptors (Lipinski definition) is 3. The van der Waals surface area contributed by atoms with Crippen molar-refractivity contribution < 1.29 is 0 Å². The van der Waals surface area contributed by atoms with Crippen LogP contribution < -0.4 is 0 Å². The van der Waals surface area contributed by atoms with Crippen LogP contribution in [0.4, 0.5) is 0 Å². The summed E-state index contributed by atoms with van der Waals surface area (Å²) in [6.45, 7) is 6.00. The number of nitrogens with zero attached hydrogens (tertiary/aromatic N) is 3. The minimum atomic E-state index is 0.0502. The van der Waals surface area contributed by atoms with Crippen molar-refractivity contribution in [1.29, 1.82) is 5.26 Å². The lowest BCUT2D eigenvalue weighted by molar-refractivity contribution is 1.16. The minimum Gasteiger partial charge on any atom is -0.238 e. The van der Waals surface area contributed by atoms with Crippen LogP contribution in [0, 0.1) is 11.3 Å². The van der Waals surface area contributed by atoms with Crippen molar-refractivity contribution in [3.05, 3.63) is 35.4 Å². The van der Waals surface area contributed by atoms with Gasteiger partial charge in [-0.3, -0.25) is 0 Å². The molecule has 1 rings (SSSR count). The molecule has 0 N–H and O–H groups in total. The summed E-state index contributed by atoms with van der Waals surface area (Å²) in [5, 5.41) is 8.59. The molecule has 1 aromatic rings. The highest BCUT2D eigenvalue weighted by molar-refractivity contribution is 6.31. The fourth-order valence-electron chi connectivity index (χ4n) is 0.424. The quantitative estimate of drug-likeness (QED) is 0.607. The molecule has 62 valence electrons. The summed E-state index contributed by atoms with van der Waals surface area (Å²) in [6.07, 6.45) is 1.28. The summed E-state index contributed by atoms with van der Waals surface area (Å²) in [6, 6.07) is 1.75. The Morgan fingerprint density at radius 1 is 1.42 bits per heavy atom. The molecule has 1 aromatic heterocycles. The van der Waals surface area contributed by atoms with Crippen LogP contribution >= 0.6 is 23.2 Å². The first kappa shape index (κ1) is 10.9. The first-order valence-corrected chi connectivity index (χ1v) is 3.58. The van der Waals surface area contributed by atoms with Gasteiger partial charge in [0, 0.05) is 0 Å². The van der Waals surface area contributed by atoms with E-state index in [9.17, 15) is 0 Å². The van der Waals surface area contributed by atoms with Gasteiger partial charge in [-0.25, -0.2) is 9.97 Å². The van der Waals surface area contributed by atoms with Crippen molar-refractivity contribution in [2.45, 2.75) is 0 Å². The Bertz CT molecular complexity index is 306. The van der Waals surface area contributed by atoms with E-state index < -0.39 is 0 Å². The van der Waals surface area contributed by atoms with Gasteiger partial charge in [0.05, 0.1) is 6.20 Å². The van der Waals surface area contributed by atoms with Crippen molar-refractivity contribution in [3.63, 3.8) is 0 Å². The Morgan fingerprint density at radius 2 is 2.00 bits per heavy atom. The molecule has 0 aliphatic heterocycles. The van der Waals surface area contributed by atoms with E-state index in [-0.39, 0.29) is 16.0 Å². The smallest absolute Gasteiger partial charge is 0.179 e. The third-order valence-electron chi connectivity index (χ3n) is 0.804. The maximum Gasteiger partial charge on any atom is 0.179 e. The van der Waals surface area contributed by atoms with Crippen LogP contribution in [-0.4, -0.2) is 9.97 Å². The molecule has 0 unspecified atom stereocenters. The topological polar surface area (TPSA) is 49.6 Å². The zero-order valence-electron chi connectivity index (χ0n) is 6.09. The van der Waals surface area contributed by atoms with Crippen LogP contribution in [0.15, 0.2) is 19.4 Å². The molecule has 0 aromatic carbocycles. The molecule has 0 spiro atoms. The highest BCUT2D eigenvalue weighted by atomic mass is 35.5. The molecule has 0 bridgehead atoms. The van der Waals surface area contributed by atoms with E-state index in [1.54, 1.807) is 6.07 Å².